The fourth-order valence-electron chi connectivity index (χ4n) is 8.15. The summed E-state index contributed by atoms with van der Waals surface area (Å²) in [6, 6.07) is 0. The molecule has 0 aromatic heterocycles. The van der Waals surface area contributed by atoms with Gasteiger partial charge in [-0.2, -0.15) is 0 Å². The van der Waals surface area contributed by atoms with Crippen molar-refractivity contribution in [3.05, 3.63) is 97.2 Å². The zero-order chi connectivity index (χ0) is 53.0. The first-order valence-electron chi connectivity index (χ1n) is 27.8. The molecule has 0 spiro atoms. The molecule has 0 aromatic rings. The SMILES string of the molecule is CC/C=C\C/C=C\C/C=C\C/C=C\CCCCCCCCCCCCCOCC(COC1OC(COC2OC(CO)C(O)C(O)C2O)C(O)C(O)C1O)OC(=O)CCCC/C=C\C/C=C\C/C=C\C/C=C\CC. The van der Waals surface area contributed by atoms with Crippen molar-refractivity contribution in [2.75, 3.05) is 33.0 Å². The summed E-state index contributed by atoms with van der Waals surface area (Å²) >= 11 is 0. The summed E-state index contributed by atoms with van der Waals surface area (Å²) in [4.78, 5) is 13.0. The number of hydrogen-bond acceptors (Lipinski definition) is 14. The number of allylic oxidation sites excluding steroid dienone is 16. The van der Waals surface area contributed by atoms with Crippen LogP contribution in [0.1, 0.15) is 168 Å². The highest BCUT2D eigenvalue weighted by molar-refractivity contribution is 5.69. The largest absolute Gasteiger partial charge is 0.457 e. The van der Waals surface area contributed by atoms with E-state index >= 15 is 0 Å². The first-order valence-corrected chi connectivity index (χ1v) is 27.8. The summed E-state index contributed by atoms with van der Waals surface area (Å²) in [6.07, 6.45) is 43.3. The second-order valence-electron chi connectivity index (χ2n) is 19.0. The molecule has 0 saturated carbocycles. The Morgan fingerprint density at radius 2 is 0.849 bits per heavy atom. The molecule has 2 aliphatic rings. The lowest BCUT2D eigenvalue weighted by molar-refractivity contribution is -0.332. The van der Waals surface area contributed by atoms with E-state index in [9.17, 15) is 40.5 Å². The molecule has 0 aliphatic carbocycles. The first kappa shape index (κ1) is 66.0. The summed E-state index contributed by atoms with van der Waals surface area (Å²) in [5.74, 6) is -0.421. The molecule has 73 heavy (non-hydrogen) atoms. The van der Waals surface area contributed by atoms with E-state index in [0.717, 1.165) is 89.9 Å². The van der Waals surface area contributed by atoms with Gasteiger partial charge in [0, 0.05) is 13.0 Å². The second kappa shape index (κ2) is 45.1. The highest BCUT2D eigenvalue weighted by Gasteiger charge is 2.47. The van der Waals surface area contributed by atoms with Crippen LogP contribution in [0.5, 0.6) is 0 Å². The fourth-order valence-corrected chi connectivity index (χ4v) is 8.15. The van der Waals surface area contributed by atoms with Gasteiger partial charge < -0.3 is 64.2 Å². The summed E-state index contributed by atoms with van der Waals surface area (Å²) in [6.45, 7) is 3.38. The van der Waals surface area contributed by atoms with E-state index in [0.29, 0.717) is 13.0 Å². The Morgan fingerprint density at radius 3 is 1.33 bits per heavy atom. The molecule has 2 fully saturated rings. The van der Waals surface area contributed by atoms with Crippen molar-refractivity contribution in [2.45, 2.75) is 235 Å². The normalized spacial score (nSPS) is 25.7. The number of esters is 1. The van der Waals surface area contributed by atoms with Crippen molar-refractivity contribution in [3.8, 4) is 0 Å². The van der Waals surface area contributed by atoms with Gasteiger partial charge in [-0.05, 0) is 89.9 Å². The average Bonchev–Trinajstić information content (AvgIpc) is 3.39. The molecule has 14 heteroatoms. The van der Waals surface area contributed by atoms with E-state index < -0.39 is 86.7 Å². The van der Waals surface area contributed by atoms with Crippen molar-refractivity contribution < 1.29 is 69.0 Å². The van der Waals surface area contributed by atoms with Crippen LogP contribution in [0.2, 0.25) is 0 Å². The molecule has 0 aromatic carbocycles. The third-order valence-corrected chi connectivity index (χ3v) is 12.6. The lowest BCUT2D eigenvalue weighted by Gasteiger charge is -2.42. The molecule has 2 heterocycles. The topological polar surface area (TPSA) is 214 Å². The summed E-state index contributed by atoms with van der Waals surface area (Å²) < 4.78 is 34.3. The van der Waals surface area contributed by atoms with Gasteiger partial charge >= 0.3 is 5.97 Å². The third kappa shape index (κ3) is 32.2. The van der Waals surface area contributed by atoms with Crippen molar-refractivity contribution >= 4 is 5.97 Å². The van der Waals surface area contributed by atoms with Gasteiger partial charge in [-0.1, -0.05) is 169 Å². The van der Waals surface area contributed by atoms with Crippen LogP contribution in [-0.4, -0.2) is 142 Å². The van der Waals surface area contributed by atoms with Gasteiger partial charge in [0.1, 0.15) is 54.9 Å². The van der Waals surface area contributed by atoms with Crippen LogP contribution < -0.4 is 0 Å². The van der Waals surface area contributed by atoms with E-state index in [1.54, 1.807) is 0 Å². The Morgan fingerprint density at radius 1 is 0.452 bits per heavy atom. The van der Waals surface area contributed by atoms with Crippen LogP contribution in [0.25, 0.3) is 0 Å². The summed E-state index contributed by atoms with van der Waals surface area (Å²) in [7, 11) is 0. The zero-order valence-corrected chi connectivity index (χ0v) is 44.6. The first-order chi connectivity index (χ1) is 35.6. The van der Waals surface area contributed by atoms with Gasteiger partial charge in [-0.3, -0.25) is 4.79 Å². The Kier molecular flexibility index (Phi) is 40.8. The zero-order valence-electron chi connectivity index (χ0n) is 44.6. The van der Waals surface area contributed by atoms with Crippen molar-refractivity contribution in [1.82, 2.24) is 0 Å². The molecule has 0 radical (unpaired) electrons. The van der Waals surface area contributed by atoms with Crippen molar-refractivity contribution in [3.63, 3.8) is 0 Å². The third-order valence-electron chi connectivity index (χ3n) is 12.6. The van der Waals surface area contributed by atoms with Crippen molar-refractivity contribution in [1.29, 1.82) is 0 Å². The Hall–Kier alpha value is -3.09. The number of carbonyl (C=O) groups excluding carboxylic acids is 1. The van der Waals surface area contributed by atoms with E-state index in [4.69, 9.17) is 28.4 Å². The molecule has 11 atom stereocenters. The molecule has 0 amide bonds. The van der Waals surface area contributed by atoms with Gasteiger partial charge in [-0.25, -0.2) is 0 Å². The van der Waals surface area contributed by atoms with Crippen LogP contribution in [0, 0.1) is 0 Å². The quantitative estimate of drug-likeness (QED) is 0.0172. The highest BCUT2D eigenvalue weighted by atomic mass is 16.7. The Labute approximate surface area is 439 Å². The standard InChI is InChI=1S/C59H98O14/c1-3-5-7-9-11-13-15-17-19-20-21-22-23-24-25-26-27-29-31-33-35-37-39-41-43-68-45-48(71-51(61)42-40-38-36-34-32-30-28-18-16-14-12-10-8-6-4-2)46-69-58-57(67)55(65)53(63)50(73-58)47-70-59-56(66)54(64)52(62)49(44-60)72-59/h5-8,11-14,17-19,21-22,28,32,34,48-50,52-60,62-67H,3-4,9-10,15-16,20,23-27,29-31,33,35-47H2,1-2H3/b7-5-,8-6-,13-11-,14-12-,19-17-,22-21-,28-18-,34-32-. The number of aliphatic hydroxyl groups excluding tert-OH is 7. The second-order valence-corrected chi connectivity index (χ2v) is 19.0. The average molecular weight is 1030 g/mol. The number of carbonyl (C=O) groups is 1. The minimum absolute atomic E-state index is 0.0365. The molecular formula is C59H98O14. The monoisotopic (exact) mass is 1030 g/mol. The van der Waals surface area contributed by atoms with E-state index in [1.807, 2.05) is 0 Å². The molecule has 418 valence electrons. The Bertz CT molecular complexity index is 1570. The highest BCUT2D eigenvalue weighted by Crippen LogP contribution is 2.26. The number of rotatable bonds is 43. The lowest BCUT2D eigenvalue weighted by Crippen LogP contribution is -2.61. The molecular weight excluding hydrogens is 933 g/mol. The minimum atomic E-state index is -1.72. The lowest BCUT2D eigenvalue weighted by atomic mass is 9.98. The van der Waals surface area contributed by atoms with Gasteiger partial charge in [0.25, 0.3) is 0 Å². The number of hydrogen-bond donors (Lipinski definition) is 7. The number of unbranched alkanes of at least 4 members (excludes halogenated alkanes) is 13. The molecule has 11 unspecified atom stereocenters. The molecule has 2 aliphatic heterocycles. The summed E-state index contributed by atoms with van der Waals surface area (Å²) in [5.41, 5.74) is 0. The predicted molar refractivity (Wildman–Crippen MR) is 288 cm³/mol. The predicted octanol–water partition coefficient (Wildman–Crippen LogP) is 9.41. The summed E-state index contributed by atoms with van der Waals surface area (Å²) in [5, 5.41) is 72.3. The number of aliphatic hydroxyl groups is 7. The van der Waals surface area contributed by atoms with E-state index in [2.05, 4.69) is 111 Å². The molecule has 0 bridgehead atoms. The minimum Gasteiger partial charge on any atom is -0.457 e. The fraction of sp³-hybridized carbons (Fsp3) is 0.712. The maximum Gasteiger partial charge on any atom is 0.306 e. The van der Waals surface area contributed by atoms with E-state index in [-0.39, 0.29) is 19.6 Å². The smallest absolute Gasteiger partial charge is 0.306 e. The van der Waals surface area contributed by atoms with Crippen molar-refractivity contribution in [2.24, 2.45) is 0 Å². The maximum atomic E-state index is 13.0. The maximum absolute atomic E-state index is 13.0. The van der Waals surface area contributed by atoms with Gasteiger partial charge in [-0.15, -0.1) is 0 Å². The Balaban J connectivity index is 1.73. The molecule has 2 saturated heterocycles. The molecule has 7 N–H and O–H groups in total. The molecule has 2 rings (SSSR count). The van der Waals surface area contributed by atoms with Crippen LogP contribution >= 0.6 is 0 Å². The van der Waals surface area contributed by atoms with Crippen LogP contribution in [0.4, 0.5) is 0 Å². The van der Waals surface area contributed by atoms with Crippen LogP contribution in [0.15, 0.2) is 97.2 Å². The van der Waals surface area contributed by atoms with E-state index in [1.165, 1.54) is 51.4 Å². The number of ether oxygens (including phenoxy) is 6. The van der Waals surface area contributed by atoms with Gasteiger partial charge in [0.15, 0.2) is 12.6 Å². The van der Waals surface area contributed by atoms with Crippen LogP contribution in [0.3, 0.4) is 0 Å². The van der Waals surface area contributed by atoms with Crippen LogP contribution in [-0.2, 0) is 33.2 Å². The van der Waals surface area contributed by atoms with Gasteiger partial charge in [0.2, 0.25) is 0 Å². The van der Waals surface area contributed by atoms with Gasteiger partial charge in [0.05, 0.1) is 26.4 Å². The molecule has 14 nitrogen and oxygen atoms in total.